The van der Waals surface area contributed by atoms with Gasteiger partial charge in [-0.3, -0.25) is 9.78 Å². The summed E-state index contributed by atoms with van der Waals surface area (Å²) in [6.07, 6.45) is 3.21. The molecule has 0 amide bonds. The second-order valence-electron chi connectivity index (χ2n) is 5.71. The SMILES string of the molecule is N#Cc1ccc(C(=O)Cc2ccc(Cc3cc(F)ccc3F)cn2)cn1. The van der Waals surface area contributed by atoms with Gasteiger partial charge in [-0.15, -0.1) is 0 Å². The fourth-order valence-electron chi connectivity index (χ4n) is 2.45. The first-order valence-corrected chi connectivity index (χ1v) is 7.82. The van der Waals surface area contributed by atoms with Gasteiger partial charge in [0.25, 0.3) is 0 Å². The van der Waals surface area contributed by atoms with E-state index in [1.54, 1.807) is 24.4 Å². The van der Waals surface area contributed by atoms with E-state index in [-0.39, 0.29) is 29.9 Å². The van der Waals surface area contributed by atoms with Crippen molar-refractivity contribution in [2.24, 2.45) is 0 Å². The zero-order chi connectivity index (χ0) is 18.5. The predicted molar refractivity (Wildman–Crippen MR) is 90.4 cm³/mol. The number of benzene rings is 1. The van der Waals surface area contributed by atoms with Gasteiger partial charge in [0.15, 0.2) is 5.78 Å². The maximum atomic E-state index is 13.7. The van der Waals surface area contributed by atoms with E-state index in [1.165, 1.54) is 12.3 Å². The molecule has 128 valence electrons. The Labute approximate surface area is 148 Å². The molecule has 1 aromatic carbocycles. The first-order chi connectivity index (χ1) is 12.5. The minimum Gasteiger partial charge on any atom is -0.294 e. The number of rotatable bonds is 5. The van der Waals surface area contributed by atoms with Gasteiger partial charge in [-0.1, -0.05) is 6.07 Å². The number of carbonyl (C=O) groups excluding carboxylic acids is 1. The third-order valence-electron chi connectivity index (χ3n) is 3.83. The Morgan fingerprint density at radius 1 is 1.04 bits per heavy atom. The molecule has 0 saturated carbocycles. The van der Waals surface area contributed by atoms with Crippen LogP contribution in [0.25, 0.3) is 0 Å². The second kappa shape index (κ2) is 7.62. The average molecular weight is 349 g/mol. The number of aromatic nitrogens is 2. The van der Waals surface area contributed by atoms with Crippen molar-refractivity contribution in [3.8, 4) is 6.07 Å². The van der Waals surface area contributed by atoms with Crippen LogP contribution in [0.3, 0.4) is 0 Å². The lowest BCUT2D eigenvalue weighted by Crippen LogP contribution is -2.06. The number of hydrogen-bond donors (Lipinski definition) is 0. The van der Waals surface area contributed by atoms with Crippen LogP contribution in [-0.4, -0.2) is 15.8 Å². The van der Waals surface area contributed by atoms with Gasteiger partial charge in [-0.2, -0.15) is 5.26 Å². The standard InChI is InChI=1S/C20H13F2N3O/c21-16-3-6-19(22)15(8-16)7-13-1-4-17(24-11-13)9-20(26)14-2-5-18(10-23)25-12-14/h1-6,8,11-12H,7,9H2. The summed E-state index contributed by atoms with van der Waals surface area (Å²) in [6.45, 7) is 0. The molecule has 26 heavy (non-hydrogen) atoms. The van der Waals surface area contributed by atoms with Crippen molar-refractivity contribution in [3.05, 3.63) is 94.6 Å². The number of pyridine rings is 2. The third-order valence-corrected chi connectivity index (χ3v) is 3.83. The maximum absolute atomic E-state index is 13.7. The molecule has 0 saturated heterocycles. The van der Waals surface area contributed by atoms with E-state index in [0.717, 1.165) is 18.2 Å². The van der Waals surface area contributed by atoms with E-state index in [1.807, 2.05) is 6.07 Å². The molecule has 6 heteroatoms. The Morgan fingerprint density at radius 3 is 2.54 bits per heavy atom. The number of ketones is 1. The average Bonchev–Trinajstić information content (AvgIpc) is 2.66. The number of halogens is 2. The molecule has 3 rings (SSSR count). The molecule has 4 nitrogen and oxygen atoms in total. The molecule has 0 bridgehead atoms. The maximum Gasteiger partial charge on any atom is 0.170 e. The van der Waals surface area contributed by atoms with Crippen molar-refractivity contribution >= 4 is 5.78 Å². The predicted octanol–water partition coefficient (Wildman–Crippen LogP) is 3.64. The lowest BCUT2D eigenvalue weighted by Gasteiger charge is -2.05. The van der Waals surface area contributed by atoms with Crippen molar-refractivity contribution in [2.75, 3.05) is 0 Å². The Balaban J connectivity index is 1.68. The molecule has 0 unspecified atom stereocenters. The van der Waals surface area contributed by atoms with E-state index < -0.39 is 11.6 Å². The van der Waals surface area contributed by atoms with Crippen LogP contribution < -0.4 is 0 Å². The van der Waals surface area contributed by atoms with E-state index in [9.17, 15) is 13.6 Å². The van der Waals surface area contributed by atoms with Crippen molar-refractivity contribution in [2.45, 2.75) is 12.8 Å². The number of nitrogens with zero attached hydrogens (tertiary/aromatic N) is 3. The molecule has 0 aliphatic rings. The highest BCUT2D eigenvalue weighted by Crippen LogP contribution is 2.15. The van der Waals surface area contributed by atoms with Crippen molar-refractivity contribution in [3.63, 3.8) is 0 Å². The Bertz CT molecular complexity index is 977. The second-order valence-corrected chi connectivity index (χ2v) is 5.71. The third kappa shape index (κ3) is 4.14. The molecule has 2 heterocycles. The summed E-state index contributed by atoms with van der Waals surface area (Å²) in [5.41, 5.74) is 2.16. The first kappa shape index (κ1) is 17.4. The molecule has 0 atom stereocenters. The monoisotopic (exact) mass is 349 g/mol. The Kier molecular flexibility index (Phi) is 5.09. The number of nitriles is 1. The van der Waals surface area contributed by atoms with Gasteiger partial charge in [0.1, 0.15) is 23.4 Å². The minimum absolute atomic E-state index is 0.0855. The zero-order valence-electron chi connectivity index (χ0n) is 13.6. The Morgan fingerprint density at radius 2 is 1.88 bits per heavy atom. The smallest absolute Gasteiger partial charge is 0.170 e. The van der Waals surface area contributed by atoms with Crippen molar-refractivity contribution < 1.29 is 13.6 Å². The summed E-state index contributed by atoms with van der Waals surface area (Å²) in [4.78, 5) is 20.3. The van der Waals surface area contributed by atoms with Gasteiger partial charge >= 0.3 is 0 Å². The summed E-state index contributed by atoms with van der Waals surface area (Å²) < 4.78 is 26.9. The fraction of sp³-hybridized carbons (Fsp3) is 0.100. The van der Waals surface area contributed by atoms with Crippen LogP contribution in [-0.2, 0) is 12.8 Å². The van der Waals surface area contributed by atoms with Gasteiger partial charge in [0.2, 0.25) is 0 Å². The topological polar surface area (TPSA) is 66.6 Å². The Hall–Kier alpha value is -3.46. The molecule has 3 aromatic rings. The van der Waals surface area contributed by atoms with Gasteiger partial charge in [-0.05, 0) is 47.5 Å². The van der Waals surface area contributed by atoms with Crippen LogP contribution >= 0.6 is 0 Å². The molecular formula is C20H13F2N3O. The van der Waals surface area contributed by atoms with E-state index in [0.29, 0.717) is 16.8 Å². The highest BCUT2D eigenvalue weighted by Gasteiger charge is 2.10. The lowest BCUT2D eigenvalue weighted by atomic mass is 10.0. The van der Waals surface area contributed by atoms with Crippen LogP contribution in [0.5, 0.6) is 0 Å². The van der Waals surface area contributed by atoms with Gasteiger partial charge in [0, 0.05) is 30.1 Å². The summed E-state index contributed by atoms with van der Waals surface area (Å²) in [7, 11) is 0. The first-order valence-electron chi connectivity index (χ1n) is 7.82. The largest absolute Gasteiger partial charge is 0.294 e. The molecule has 2 aromatic heterocycles. The van der Waals surface area contributed by atoms with E-state index in [4.69, 9.17) is 5.26 Å². The fourth-order valence-corrected chi connectivity index (χ4v) is 2.45. The normalized spacial score (nSPS) is 10.3. The molecule has 0 radical (unpaired) electrons. The van der Waals surface area contributed by atoms with Crippen LogP contribution in [0.1, 0.15) is 32.9 Å². The highest BCUT2D eigenvalue weighted by molar-refractivity contribution is 5.97. The molecule has 0 aliphatic heterocycles. The number of hydrogen-bond acceptors (Lipinski definition) is 4. The van der Waals surface area contributed by atoms with E-state index in [2.05, 4.69) is 9.97 Å². The van der Waals surface area contributed by atoms with Crippen molar-refractivity contribution in [1.29, 1.82) is 5.26 Å². The lowest BCUT2D eigenvalue weighted by molar-refractivity contribution is 0.0991. The summed E-state index contributed by atoms with van der Waals surface area (Å²) >= 11 is 0. The summed E-state index contributed by atoms with van der Waals surface area (Å²) in [5.74, 6) is -1.13. The molecule has 0 spiro atoms. The number of carbonyl (C=O) groups is 1. The van der Waals surface area contributed by atoms with Crippen LogP contribution in [0.15, 0.2) is 54.9 Å². The van der Waals surface area contributed by atoms with Gasteiger partial charge in [0.05, 0.1) is 6.42 Å². The van der Waals surface area contributed by atoms with Crippen LogP contribution in [0.4, 0.5) is 8.78 Å². The molecular weight excluding hydrogens is 336 g/mol. The van der Waals surface area contributed by atoms with Crippen LogP contribution in [0.2, 0.25) is 0 Å². The van der Waals surface area contributed by atoms with Gasteiger partial charge in [-0.25, -0.2) is 13.8 Å². The summed E-state index contributed by atoms with van der Waals surface area (Å²) in [5, 5.41) is 8.71. The molecule has 0 fully saturated rings. The quantitative estimate of drug-likeness (QED) is 0.660. The van der Waals surface area contributed by atoms with Crippen molar-refractivity contribution in [1.82, 2.24) is 9.97 Å². The zero-order valence-corrected chi connectivity index (χ0v) is 13.6. The summed E-state index contributed by atoms with van der Waals surface area (Å²) in [6, 6.07) is 11.7. The highest BCUT2D eigenvalue weighted by atomic mass is 19.1. The molecule has 0 aliphatic carbocycles. The molecule has 0 N–H and O–H groups in total. The number of Topliss-reactive ketones (excluding diaryl/α,β-unsaturated/α-hetero) is 1. The minimum atomic E-state index is -0.493. The van der Waals surface area contributed by atoms with Gasteiger partial charge < -0.3 is 0 Å². The van der Waals surface area contributed by atoms with E-state index >= 15 is 0 Å². The van der Waals surface area contributed by atoms with Crippen LogP contribution in [0, 0.1) is 23.0 Å².